The van der Waals surface area contributed by atoms with Crippen molar-refractivity contribution in [1.82, 2.24) is 5.32 Å². The van der Waals surface area contributed by atoms with E-state index < -0.39 is 0 Å². The molecule has 0 amide bonds. The van der Waals surface area contributed by atoms with Crippen LogP contribution < -0.4 is 5.32 Å². The number of ether oxygens (including phenoxy) is 1. The lowest BCUT2D eigenvalue weighted by atomic mass is 10.1. The second-order valence-electron chi connectivity index (χ2n) is 4.95. The minimum atomic E-state index is 0.533. The molecule has 0 bridgehead atoms. The van der Waals surface area contributed by atoms with Gasteiger partial charge in [0.25, 0.3) is 0 Å². The smallest absolute Gasteiger partial charge is 0.0618 e. The van der Waals surface area contributed by atoms with Crippen LogP contribution in [0.5, 0.6) is 0 Å². The van der Waals surface area contributed by atoms with Crippen LogP contribution in [0.2, 0.25) is 0 Å². The molecule has 1 unspecified atom stereocenters. The summed E-state index contributed by atoms with van der Waals surface area (Å²) in [5, 5.41) is 3.61. The summed E-state index contributed by atoms with van der Waals surface area (Å²) in [6.07, 6.45) is 3.83. The molecule has 2 nitrogen and oxygen atoms in total. The third kappa shape index (κ3) is 3.83. The number of hydrogen-bond donors (Lipinski definition) is 1. The van der Waals surface area contributed by atoms with Crippen LogP contribution in [0.4, 0.5) is 0 Å². The average molecular weight is 233 g/mol. The van der Waals surface area contributed by atoms with Crippen molar-refractivity contribution in [2.45, 2.75) is 38.8 Å². The Kier molecular flexibility index (Phi) is 4.57. The van der Waals surface area contributed by atoms with Crippen LogP contribution in [0.15, 0.2) is 24.3 Å². The lowest BCUT2D eigenvalue weighted by Crippen LogP contribution is -2.34. The number of benzene rings is 1. The van der Waals surface area contributed by atoms with Crippen LogP contribution in [0.25, 0.3) is 0 Å². The summed E-state index contributed by atoms with van der Waals surface area (Å²) in [4.78, 5) is 0. The number of methoxy groups -OCH3 is 1. The van der Waals surface area contributed by atoms with E-state index in [2.05, 4.69) is 36.5 Å². The van der Waals surface area contributed by atoms with Crippen molar-refractivity contribution in [3.05, 3.63) is 35.4 Å². The molecule has 0 aliphatic heterocycles. The standard InChI is InChI=1S/C15H23NO/c1-3-12-4-6-13(7-5-12)10-16-15(11-17-2)14-8-9-14/h4-7,14-16H,3,8-11H2,1-2H3. The van der Waals surface area contributed by atoms with Crippen LogP contribution >= 0.6 is 0 Å². The maximum absolute atomic E-state index is 5.27. The highest BCUT2D eigenvalue weighted by Crippen LogP contribution is 2.32. The van der Waals surface area contributed by atoms with Gasteiger partial charge in [-0.1, -0.05) is 31.2 Å². The van der Waals surface area contributed by atoms with Crippen LogP contribution in [-0.4, -0.2) is 19.8 Å². The van der Waals surface area contributed by atoms with E-state index >= 15 is 0 Å². The highest BCUT2D eigenvalue weighted by molar-refractivity contribution is 5.22. The maximum Gasteiger partial charge on any atom is 0.0618 e. The normalized spacial score (nSPS) is 17.1. The summed E-state index contributed by atoms with van der Waals surface area (Å²) < 4.78 is 5.27. The molecule has 1 saturated carbocycles. The molecule has 1 aromatic carbocycles. The number of nitrogens with one attached hydrogen (secondary N) is 1. The Labute approximate surface area is 104 Å². The minimum Gasteiger partial charge on any atom is -0.383 e. The molecule has 94 valence electrons. The summed E-state index contributed by atoms with van der Waals surface area (Å²) in [7, 11) is 1.78. The van der Waals surface area contributed by atoms with Gasteiger partial charge in [-0.05, 0) is 36.3 Å². The maximum atomic E-state index is 5.27. The predicted molar refractivity (Wildman–Crippen MR) is 71.0 cm³/mol. The Morgan fingerprint density at radius 2 is 1.88 bits per heavy atom. The van der Waals surface area contributed by atoms with Gasteiger partial charge in [-0.25, -0.2) is 0 Å². The Bertz CT molecular complexity index is 329. The predicted octanol–water partition coefficient (Wildman–Crippen LogP) is 2.76. The summed E-state index contributed by atoms with van der Waals surface area (Å²) >= 11 is 0. The quantitative estimate of drug-likeness (QED) is 0.782. The summed E-state index contributed by atoms with van der Waals surface area (Å²) in [6.45, 7) is 3.97. The summed E-state index contributed by atoms with van der Waals surface area (Å²) in [5.41, 5.74) is 2.77. The van der Waals surface area contributed by atoms with E-state index in [0.29, 0.717) is 6.04 Å². The van der Waals surface area contributed by atoms with Crippen molar-refractivity contribution in [3.63, 3.8) is 0 Å². The largest absolute Gasteiger partial charge is 0.383 e. The Morgan fingerprint density at radius 3 is 2.41 bits per heavy atom. The molecule has 1 atom stereocenters. The van der Waals surface area contributed by atoms with E-state index in [1.807, 2.05) is 0 Å². The number of aryl methyl sites for hydroxylation is 1. The van der Waals surface area contributed by atoms with Crippen molar-refractivity contribution >= 4 is 0 Å². The lowest BCUT2D eigenvalue weighted by molar-refractivity contribution is 0.157. The fourth-order valence-electron chi connectivity index (χ4n) is 2.18. The fourth-order valence-corrected chi connectivity index (χ4v) is 2.18. The zero-order chi connectivity index (χ0) is 12.1. The van der Waals surface area contributed by atoms with Gasteiger partial charge in [0.1, 0.15) is 0 Å². The van der Waals surface area contributed by atoms with Crippen molar-refractivity contribution in [1.29, 1.82) is 0 Å². The zero-order valence-corrected chi connectivity index (χ0v) is 10.9. The van der Waals surface area contributed by atoms with Gasteiger partial charge in [-0.2, -0.15) is 0 Å². The van der Waals surface area contributed by atoms with Crippen molar-refractivity contribution in [2.24, 2.45) is 5.92 Å². The fraction of sp³-hybridized carbons (Fsp3) is 0.600. The molecule has 0 heterocycles. The molecule has 0 aromatic heterocycles. The molecule has 0 saturated heterocycles. The molecule has 1 aromatic rings. The van der Waals surface area contributed by atoms with Gasteiger partial charge in [0.2, 0.25) is 0 Å². The second kappa shape index (κ2) is 6.18. The van der Waals surface area contributed by atoms with E-state index in [0.717, 1.165) is 25.5 Å². The molecule has 1 aliphatic carbocycles. The number of hydrogen-bond acceptors (Lipinski definition) is 2. The van der Waals surface area contributed by atoms with E-state index in [-0.39, 0.29) is 0 Å². The van der Waals surface area contributed by atoms with Crippen molar-refractivity contribution < 1.29 is 4.74 Å². The molecule has 0 spiro atoms. The van der Waals surface area contributed by atoms with Gasteiger partial charge < -0.3 is 10.1 Å². The third-order valence-electron chi connectivity index (χ3n) is 3.54. The highest BCUT2D eigenvalue weighted by Gasteiger charge is 2.30. The van der Waals surface area contributed by atoms with Crippen LogP contribution in [-0.2, 0) is 17.7 Å². The zero-order valence-electron chi connectivity index (χ0n) is 10.9. The topological polar surface area (TPSA) is 21.3 Å². The van der Waals surface area contributed by atoms with Gasteiger partial charge in [0, 0.05) is 19.7 Å². The molecule has 2 rings (SSSR count). The summed E-state index contributed by atoms with van der Waals surface area (Å²) in [6, 6.07) is 9.43. The van der Waals surface area contributed by atoms with Gasteiger partial charge in [0.05, 0.1) is 6.61 Å². The minimum absolute atomic E-state index is 0.533. The SMILES string of the molecule is CCc1ccc(CNC(COC)C2CC2)cc1. The van der Waals surface area contributed by atoms with E-state index in [4.69, 9.17) is 4.74 Å². The van der Waals surface area contributed by atoms with E-state index in [1.54, 1.807) is 7.11 Å². The van der Waals surface area contributed by atoms with Gasteiger partial charge in [-0.3, -0.25) is 0 Å². The number of rotatable bonds is 7. The van der Waals surface area contributed by atoms with Gasteiger partial charge in [-0.15, -0.1) is 0 Å². The monoisotopic (exact) mass is 233 g/mol. The molecular weight excluding hydrogens is 210 g/mol. The molecule has 1 aliphatic rings. The first-order valence-electron chi connectivity index (χ1n) is 6.63. The first-order valence-corrected chi connectivity index (χ1v) is 6.63. The summed E-state index contributed by atoms with van der Waals surface area (Å²) in [5.74, 6) is 0.838. The van der Waals surface area contributed by atoms with E-state index in [9.17, 15) is 0 Å². The van der Waals surface area contributed by atoms with Crippen molar-refractivity contribution in [2.75, 3.05) is 13.7 Å². The Balaban J connectivity index is 1.82. The first-order chi connectivity index (χ1) is 8.33. The molecule has 1 N–H and O–H groups in total. The average Bonchev–Trinajstić information content (AvgIpc) is 3.19. The van der Waals surface area contributed by atoms with Crippen LogP contribution in [0.3, 0.4) is 0 Å². The van der Waals surface area contributed by atoms with Gasteiger partial charge >= 0.3 is 0 Å². The molecule has 17 heavy (non-hydrogen) atoms. The first kappa shape index (κ1) is 12.6. The lowest BCUT2D eigenvalue weighted by Gasteiger charge is -2.17. The molecular formula is C15H23NO. The van der Waals surface area contributed by atoms with Crippen molar-refractivity contribution in [3.8, 4) is 0 Å². The second-order valence-corrected chi connectivity index (χ2v) is 4.95. The van der Waals surface area contributed by atoms with E-state index in [1.165, 1.54) is 24.0 Å². The Hall–Kier alpha value is -0.860. The molecule has 0 radical (unpaired) electrons. The Morgan fingerprint density at radius 1 is 1.24 bits per heavy atom. The van der Waals surface area contributed by atoms with Gasteiger partial charge in [0.15, 0.2) is 0 Å². The third-order valence-corrected chi connectivity index (χ3v) is 3.54. The molecule has 2 heteroatoms. The van der Waals surface area contributed by atoms with Crippen LogP contribution in [0, 0.1) is 5.92 Å². The van der Waals surface area contributed by atoms with Crippen LogP contribution in [0.1, 0.15) is 30.9 Å². The molecule has 1 fully saturated rings. The highest BCUT2D eigenvalue weighted by atomic mass is 16.5.